The second kappa shape index (κ2) is 10.3. The molecule has 0 heterocycles. The van der Waals surface area contributed by atoms with Gasteiger partial charge in [-0.3, -0.25) is 4.99 Å². The quantitative estimate of drug-likeness (QED) is 0.383. The molecule has 0 aliphatic carbocycles. The Labute approximate surface area is 135 Å². The Morgan fingerprint density at radius 1 is 1.09 bits per heavy atom. The smallest absolute Gasteiger partial charge is 0.407 e. The summed E-state index contributed by atoms with van der Waals surface area (Å²) >= 11 is 0. The van der Waals surface area contributed by atoms with Crippen LogP contribution in [0.4, 0.5) is 4.79 Å². The summed E-state index contributed by atoms with van der Waals surface area (Å²) in [5.41, 5.74) is -0.471. The zero-order valence-electron chi connectivity index (χ0n) is 15.2. The molecule has 0 aromatic rings. The molecule has 0 bridgehead atoms. The number of carbonyl (C=O) groups excluding carboxylic acids is 1. The monoisotopic (exact) mass is 314 g/mol. The SMILES string of the molecule is CN=C(NCCNC(=O)OC(C)(C)C)NC(C)CCC(C)C. The molecule has 0 spiro atoms. The zero-order chi connectivity index (χ0) is 17.2. The topological polar surface area (TPSA) is 74.8 Å². The molecule has 0 rings (SSSR count). The summed E-state index contributed by atoms with van der Waals surface area (Å²) in [7, 11) is 1.74. The lowest BCUT2D eigenvalue weighted by atomic mass is 10.0. The maximum Gasteiger partial charge on any atom is 0.407 e. The summed E-state index contributed by atoms with van der Waals surface area (Å²) in [5, 5.41) is 9.22. The molecular formula is C16H34N4O2. The fraction of sp³-hybridized carbons (Fsp3) is 0.875. The van der Waals surface area contributed by atoms with Crippen molar-refractivity contribution in [1.82, 2.24) is 16.0 Å². The van der Waals surface area contributed by atoms with Gasteiger partial charge in [-0.15, -0.1) is 0 Å². The number of amides is 1. The van der Waals surface area contributed by atoms with Crippen molar-refractivity contribution in [1.29, 1.82) is 0 Å². The Bertz CT molecular complexity index is 349. The molecule has 1 unspecified atom stereocenters. The Morgan fingerprint density at radius 2 is 1.68 bits per heavy atom. The van der Waals surface area contributed by atoms with Crippen molar-refractivity contribution in [3.8, 4) is 0 Å². The van der Waals surface area contributed by atoms with Crippen LogP contribution < -0.4 is 16.0 Å². The van der Waals surface area contributed by atoms with Crippen LogP contribution >= 0.6 is 0 Å². The Kier molecular flexibility index (Phi) is 9.61. The van der Waals surface area contributed by atoms with E-state index < -0.39 is 11.7 Å². The van der Waals surface area contributed by atoms with Crippen LogP contribution in [0.3, 0.4) is 0 Å². The number of hydrogen-bond donors (Lipinski definition) is 3. The number of rotatable bonds is 7. The number of aliphatic imine (C=N–C) groups is 1. The van der Waals surface area contributed by atoms with Crippen LogP contribution in [0.1, 0.15) is 54.4 Å². The van der Waals surface area contributed by atoms with Gasteiger partial charge in [0.2, 0.25) is 0 Å². The molecule has 130 valence electrons. The van der Waals surface area contributed by atoms with E-state index in [-0.39, 0.29) is 0 Å². The van der Waals surface area contributed by atoms with Crippen LogP contribution in [0.2, 0.25) is 0 Å². The Balaban J connectivity index is 3.90. The van der Waals surface area contributed by atoms with Crippen LogP contribution in [0.5, 0.6) is 0 Å². The molecule has 1 amide bonds. The van der Waals surface area contributed by atoms with Crippen LogP contribution in [0.25, 0.3) is 0 Å². The lowest BCUT2D eigenvalue weighted by Crippen LogP contribution is -2.45. The minimum atomic E-state index is -0.471. The van der Waals surface area contributed by atoms with Crippen LogP contribution in [0, 0.1) is 5.92 Å². The molecule has 0 aromatic carbocycles. The van der Waals surface area contributed by atoms with Crippen molar-refractivity contribution >= 4 is 12.1 Å². The van der Waals surface area contributed by atoms with Gasteiger partial charge in [-0.2, -0.15) is 0 Å². The van der Waals surface area contributed by atoms with Gasteiger partial charge in [0, 0.05) is 26.2 Å². The van der Waals surface area contributed by atoms with Crippen LogP contribution in [-0.2, 0) is 4.74 Å². The number of ether oxygens (including phenoxy) is 1. The van der Waals surface area contributed by atoms with E-state index in [1.54, 1.807) is 7.05 Å². The molecule has 6 nitrogen and oxygen atoms in total. The van der Waals surface area contributed by atoms with Crippen molar-refractivity contribution in [2.75, 3.05) is 20.1 Å². The normalized spacial score (nSPS) is 13.7. The zero-order valence-corrected chi connectivity index (χ0v) is 15.2. The third-order valence-corrected chi connectivity index (χ3v) is 2.87. The molecular weight excluding hydrogens is 280 g/mol. The predicted octanol–water partition coefficient (Wildman–Crippen LogP) is 2.50. The van der Waals surface area contributed by atoms with E-state index in [2.05, 4.69) is 41.7 Å². The van der Waals surface area contributed by atoms with Crippen LogP contribution in [-0.4, -0.2) is 43.8 Å². The highest BCUT2D eigenvalue weighted by molar-refractivity contribution is 5.80. The van der Waals surface area contributed by atoms with Gasteiger partial charge in [0.25, 0.3) is 0 Å². The Morgan fingerprint density at radius 3 is 2.18 bits per heavy atom. The summed E-state index contributed by atoms with van der Waals surface area (Å²) in [5.74, 6) is 1.46. The first kappa shape index (κ1) is 20.5. The fourth-order valence-corrected chi connectivity index (χ4v) is 1.74. The summed E-state index contributed by atoms with van der Waals surface area (Å²) in [6.45, 7) is 13.2. The van der Waals surface area contributed by atoms with Crippen molar-refractivity contribution in [3.63, 3.8) is 0 Å². The summed E-state index contributed by atoms with van der Waals surface area (Å²) in [6.07, 6.45) is 1.89. The standard InChI is InChI=1S/C16H34N4O2/c1-12(2)8-9-13(3)20-14(17-7)18-10-11-19-15(21)22-16(4,5)6/h12-13H,8-11H2,1-7H3,(H,19,21)(H2,17,18,20). The second-order valence-electron chi connectivity index (χ2n) is 6.94. The van der Waals surface area contributed by atoms with Crippen molar-refractivity contribution in [2.24, 2.45) is 10.9 Å². The van der Waals surface area contributed by atoms with Gasteiger partial charge in [0.15, 0.2) is 5.96 Å². The first-order valence-corrected chi connectivity index (χ1v) is 8.08. The lowest BCUT2D eigenvalue weighted by molar-refractivity contribution is 0.0529. The highest BCUT2D eigenvalue weighted by Gasteiger charge is 2.15. The number of alkyl carbamates (subject to hydrolysis) is 1. The number of nitrogens with one attached hydrogen (secondary N) is 3. The first-order chi connectivity index (χ1) is 10.1. The molecule has 0 saturated heterocycles. The third kappa shape index (κ3) is 12.3. The molecule has 3 N–H and O–H groups in total. The first-order valence-electron chi connectivity index (χ1n) is 8.08. The van der Waals surface area contributed by atoms with E-state index in [9.17, 15) is 4.79 Å². The maximum atomic E-state index is 11.5. The van der Waals surface area contributed by atoms with Crippen molar-refractivity contribution in [3.05, 3.63) is 0 Å². The average Bonchev–Trinajstić information content (AvgIpc) is 2.37. The Hall–Kier alpha value is -1.46. The van der Waals surface area contributed by atoms with E-state index in [0.717, 1.165) is 12.4 Å². The fourth-order valence-electron chi connectivity index (χ4n) is 1.74. The van der Waals surface area contributed by atoms with E-state index in [4.69, 9.17) is 4.74 Å². The van der Waals surface area contributed by atoms with Gasteiger partial charge < -0.3 is 20.7 Å². The van der Waals surface area contributed by atoms with Gasteiger partial charge >= 0.3 is 6.09 Å². The molecule has 6 heteroatoms. The van der Waals surface area contributed by atoms with Crippen molar-refractivity contribution < 1.29 is 9.53 Å². The van der Waals surface area contributed by atoms with Crippen LogP contribution in [0.15, 0.2) is 4.99 Å². The molecule has 0 fully saturated rings. The van der Waals surface area contributed by atoms with Crippen molar-refractivity contribution in [2.45, 2.75) is 66.0 Å². The maximum absolute atomic E-state index is 11.5. The molecule has 0 radical (unpaired) electrons. The minimum absolute atomic E-state index is 0.368. The van der Waals surface area contributed by atoms with Gasteiger partial charge in [-0.1, -0.05) is 13.8 Å². The van der Waals surface area contributed by atoms with Gasteiger partial charge in [0.05, 0.1) is 0 Å². The number of hydrogen-bond acceptors (Lipinski definition) is 3. The summed E-state index contributed by atoms with van der Waals surface area (Å²) in [4.78, 5) is 15.7. The van der Waals surface area contributed by atoms with Gasteiger partial charge in [0.1, 0.15) is 5.60 Å². The number of carbonyl (C=O) groups is 1. The van der Waals surface area contributed by atoms with Gasteiger partial charge in [-0.05, 0) is 46.5 Å². The molecule has 1 atom stereocenters. The summed E-state index contributed by atoms with van der Waals surface area (Å²) in [6, 6.07) is 0.368. The van der Waals surface area contributed by atoms with E-state index in [1.807, 2.05) is 20.8 Å². The molecule has 0 saturated carbocycles. The number of nitrogens with zero attached hydrogens (tertiary/aromatic N) is 1. The average molecular weight is 314 g/mol. The third-order valence-electron chi connectivity index (χ3n) is 2.87. The lowest BCUT2D eigenvalue weighted by Gasteiger charge is -2.20. The molecule has 22 heavy (non-hydrogen) atoms. The highest BCUT2D eigenvalue weighted by atomic mass is 16.6. The molecule has 0 aliphatic rings. The summed E-state index contributed by atoms with van der Waals surface area (Å²) < 4.78 is 5.17. The van der Waals surface area contributed by atoms with E-state index >= 15 is 0 Å². The minimum Gasteiger partial charge on any atom is -0.444 e. The molecule has 0 aromatic heterocycles. The highest BCUT2D eigenvalue weighted by Crippen LogP contribution is 2.06. The van der Waals surface area contributed by atoms with E-state index in [1.165, 1.54) is 6.42 Å². The predicted molar refractivity (Wildman–Crippen MR) is 92.3 cm³/mol. The van der Waals surface area contributed by atoms with E-state index in [0.29, 0.717) is 25.0 Å². The largest absolute Gasteiger partial charge is 0.444 e. The molecule has 0 aliphatic heterocycles. The van der Waals surface area contributed by atoms with Gasteiger partial charge in [-0.25, -0.2) is 4.79 Å². The second-order valence-corrected chi connectivity index (χ2v) is 6.94. The number of guanidine groups is 1.